The molecule has 0 aliphatic carbocycles. The Bertz CT molecular complexity index is 1460. The van der Waals surface area contributed by atoms with Crippen molar-refractivity contribution in [3.8, 4) is 11.5 Å². The van der Waals surface area contributed by atoms with Gasteiger partial charge in [0, 0.05) is 31.0 Å². The van der Waals surface area contributed by atoms with Gasteiger partial charge in [0.15, 0.2) is 5.82 Å². The molecule has 1 fully saturated rings. The summed E-state index contributed by atoms with van der Waals surface area (Å²) in [5.74, 6) is 1.06. The summed E-state index contributed by atoms with van der Waals surface area (Å²) in [6, 6.07) is 10.7. The molecule has 3 N–H and O–H groups in total. The second-order valence-electron chi connectivity index (χ2n) is 9.91. The number of methoxy groups -OCH3 is 1. The van der Waals surface area contributed by atoms with Crippen LogP contribution in [0.2, 0.25) is 5.02 Å². The number of rotatable bonds is 13. The summed E-state index contributed by atoms with van der Waals surface area (Å²) in [5, 5.41) is 10.1. The second kappa shape index (κ2) is 14.5. The van der Waals surface area contributed by atoms with Gasteiger partial charge in [-0.2, -0.15) is 4.98 Å². The van der Waals surface area contributed by atoms with Gasteiger partial charge < -0.3 is 34.7 Å². The van der Waals surface area contributed by atoms with Crippen molar-refractivity contribution in [3.63, 3.8) is 0 Å². The van der Waals surface area contributed by atoms with E-state index in [9.17, 15) is 9.36 Å². The molecule has 0 saturated carbocycles. The van der Waals surface area contributed by atoms with E-state index in [1.54, 1.807) is 25.5 Å². The molecule has 4 rings (SSSR count). The van der Waals surface area contributed by atoms with Gasteiger partial charge in [0.1, 0.15) is 23.7 Å². The molecule has 2 aromatic carbocycles. The van der Waals surface area contributed by atoms with E-state index in [-0.39, 0.29) is 16.9 Å². The van der Waals surface area contributed by atoms with Crippen molar-refractivity contribution in [2.24, 2.45) is 0 Å². The lowest BCUT2D eigenvalue weighted by Gasteiger charge is -2.26. The number of amides is 1. The van der Waals surface area contributed by atoms with Gasteiger partial charge in [-0.25, -0.2) is 4.98 Å². The molecule has 0 bridgehead atoms. The highest BCUT2D eigenvalue weighted by Gasteiger charge is 2.19. The maximum atomic E-state index is 12.8. The molecule has 224 valence electrons. The third-order valence-corrected chi connectivity index (χ3v) is 8.28. The summed E-state index contributed by atoms with van der Waals surface area (Å²) in [6.07, 6.45) is 3.45. The molecule has 2 heterocycles. The molecule has 13 heteroatoms. The normalized spacial score (nSPS) is 13.7. The van der Waals surface area contributed by atoms with Crippen LogP contribution < -0.4 is 30.7 Å². The molecule has 1 aromatic heterocycles. The number of nitrogens with one attached hydrogen (secondary N) is 3. The van der Waals surface area contributed by atoms with Gasteiger partial charge in [-0.3, -0.25) is 9.69 Å². The van der Waals surface area contributed by atoms with Crippen molar-refractivity contribution in [2.75, 3.05) is 75.8 Å². The van der Waals surface area contributed by atoms with Crippen molar-refractivity contribution in [2.45, 2.75) is 6.42 Å². The smallest absolute Gasteiger partial charge is 0.247 e. The summed E-state index contributed by atoms with van der Waals surface area (Å²) >= 11 is 6.41. The Balaban J connectivity index is 1.55. The highest BCUT2D eigenvalue weighted by molar-refractivity contribution is 7.70. The fourth-order valence-electron chi connectivity index (χ4n) is 4.34. The van der Waals surface area contributed by atoms with Crippen molar-refractivity contribution >= 4 is 58.8 Å². The summed E-state index contributed by atoms with van der Waals surface area (Å²) < 4.78 is 29.9. The lowest BCUT2D eigenvalue weighted by atomic mass is 10.2. The first kappa shape index (κ1) is 31.3. The lowest BCUT2D eigenvalue weighted by Crippen LogP contribution is -2.37. The van der Waals surface area contributed by atoms with Gasteiger partial charge in [-0.05, 0) is 44.0 Å². The number of anilines is 5. The zero-order valence-corrected chi connectivity index (χ0v) is 25.6. The highest BCUT2D eigenvalue weighted by atomic mass is 35.5. The van der Waals surface area contributed by atoms with Crippen LogP contribution in [0.15, 0.2) is 55.3 Å². The topological polar surface area (TPSA) is 127 Å². The maximum absolute atomic E-state index is 12.8. The lowest BCUT2D eigenvalue weighted by molar-refractivity contribution is -0.111. The maximum Gasteiger partial charge on any atom is 0.247 e. The van der Waals surface area contributed by atoms with Gasteiger partial charge in [-0.15, -0.1) is 0 Å². The Morgan fingerprint density at radius 1 is 1.14 bits per heavy atom. The largest absolute Gasteiger partial charge is 0.494 e. The third-order valence-electron chi connectivity index (χ3n) is 6.45. The summed E-state index contributed by atoms with van der Waals surface area (Å²) in [4.78, 5) is 23.4. The molecule has 1 amide bonds. The highest BCUT2D eigenvalue weighted by Crippen LogP contribution is 2.40. The van der Waals surface area contributed by atoms with E-state index < -0.39 is 7.14 Å². The first-order valence-electron chi connectivity index (χ1n) is 13.5. The minimum absolute atomic E-state index is 0.217. The van der Waals surface area contributed by atoms with Crippen LogP contribution in [0.3, 0.4) is 0 Å². The van der Waals surface area contributed by atoms with E-state index in [4.69, 9.17) is 25.8 Å². The van der Waals surface area contributed by atoms with Gasteiger partial charge >= 0.3 is 0 Å². The average molecular weight is 615 g/mol. The minimum Gasteiger partial charge on any atom is -0.494 e. The Morgan fingerprint density at radius 3 is 2.62 bits per heavy atom. The minimum atomic E-state index is -2.57. The predicted octanol–water partition coefficient (Wildman–Crippen LogP) is 5.10. The van der Waals surface area contributed by atoms with E-state index in [0.29, 0.717) is 46.3 Å². The molecule has 0 radical (unpaired) electrons. The van der Waals surface area contributed by atoms with Crippen LogP contribution in [-0.2, 0) is 14.1 Å². The van der Waals surface area contributed by atoms with Gasteiger partial charge in [-0.1, -0.05) is 30.3 Å². The molecule has 1 aliphatic rings. The predicted molar refractivity (Wildman–Crippen MR) is 168 cm³/mol. The Morgan fingerprint density at radius 2 is 1.90 bits per heavy atom. The van der Waals surface area contributed by atoms with Crippen LogP contribution >= 0.6 is 18.7 Å². The number of nitrogens with zero attached hydrogens (tertiary/aromatic N) is 3. The number of hydrogen-bond acceptors (Lipinski definition) is 10. The summed E-state index contributed by atoms with van der Waals surface area (Å²) in [5.41, 5.74) is 1.55. The number of hydrogen-bond donors (Lipinski definition) is 3. The van der Waals surface area contributed by atoms with Crippen LogP contribution in [0.4, 0.5) is 28.8 Å². The quantitative estimate of drug-likeness (QED) is 0.136. The standard InChI is InChI=1S/C29H36ClN6O5P/c1-5-27(37)32-23-17-22(24(39-2)18-25(23)41-14-8-11-36-12-15-40-16-13-36)34-29-31-19-20(30)28(35-29)33-21-9-6-7-10-26(21)42(3,4)38/h5-7,9-10,17-19H,1,8,11-16H2,2-4H3,(H,32,37)(H2,31,33,34,35). The summed E-state index contributed by atoms with van der Waals surface area (Å²) in [7, 11) is -1.04. The number of para-hydroxylation sites is 1. The van der Waals surface area contributed by atoms with Gasteiger partial charge in [0.2, 0.25) is 11.9 Å². The average Bonchev–Trinajstić information content (AvgIpc) is 2.98. The van der Waals surface area contributed by atoms with Gasteiger partial charge in [0.25, 0.3) is 0 Å². The van der Waals surface area contributed by atoms with Crippen molar-refractivity contribution in [1.82, 2.24) is 14.9 Å². The zero-order valence-electron chi connectivity index (χ0n) is 24.0. The Hall–Kier alpha value is -3.63. The zero-order chi connectivity index (χ0) is 30.1. The fraction of sp³-hybridized carbons (Fsp3) is 0.345. The van der Waals surface area contributed by atoms with Gasteiger partial charge in [0.05, 0.1) is 50.2 Å². The molecule has 3 aromatic rings. The third kappa shape index (κ3) is 8.45. The van der Waals surface area contributed by atoms with E-state index in [1.165, 1.54) is 19.4 Å². The van der Waals surface area contributed by atoms with E-state index in [0.717, 1.165) is 39.3 Å². The number of ether oxygens (including phenoxy) is 3. The second-order valence-corrected chi connectivity index (χ2v) is 13.5. The van der Waals surface area contributed by atoms with Crippen LogP contribution in [0.5, 0.6) is 11.5 Å². The van der Waals surface area contributed by atoms with Crippen LogP contribution in [-0.4, -0.2) is 80.7 Å². The molecule has 11 nitrogen and oxygen atoms in total. The number of halogens is 1. The van der Waals surface area contributed by atoms with E-state index in [2.05, 4.69) is 37.4 Å². The molecule has 0 unspecified atom stereocenters. The first-order chi connectivity index (χ1) is 20.2. The van der Waals surface area contributed by atoms with Crippen molar-refractivity contribution in [1.29, 1.82) is 0 Å². The van der Waals surface area contributed by atoms with E-state index in [1.807, 2.05) is 24.3 Å². The Labute approximate surface area is 251 Å². The molecule has 42 heavy (non-hydrogen) atoms. The number of morpholine rings is 1. The molecule has 1 aliphatic heterocycles. The SMILES string of the molecule is C=CC(=O)Nc1cc(Nc2ncc(Cl)c(Nc3ccccc3P(C)(C)=O)n2)c(OC)cc1OCCCN1CCOCC1. The molecule has 0 atom stereocenters. The first-order valence-corrected chi connectivity index (χ1v) is 16.5. The molecule has 0 spiro atoms. The fourth-order valence-corrected chi connectivity index (χ4v) is 5.63. The number of aromatic nitrogens is 2. The number of carbonyl (C=O) groups is 1. The molecular formula is C29H36ClN6O5P. The van der Waals surface area contributed by atoms with Crippen LogP contribution in [0, 0.1) is 0 Å². The molecule has 1 saturated heterocycles. The molecular weight excluding hydrogens is 579 g/mol. The van der Waals surface area contributed by atoms with Crippen molar-refractivity contribution < 1.29 is 23.6 Å². The number of carbonyl (C=O) groups excluding carboxylic acids is 1. The van der Waals surface area contributed by atoms with Crippen molar-refractivity contribution in [3.05, 3.63) is 60.3 Å². The monoisotopic (exact) mass is 614 g/mol. The van der Waals surface area contributed by atoms with Crippen LogP contribution in [0.25, 0.3) is 0 Å². The number of benzene rings is 2. The summed E-state index contributed by atoms with van der Waals surface area (Å²) in [6.45, 7) is 11.6. The Kier molecular flexibility index (Phi) is 10.8. The van der Waals surface area contributed by atoms with Crippen LogP contribution in [0.1, 0.15) is 6.42 Å². The van der Waals surface area contributed by atoms with E-state index >= 15 is 0 Å².